The third kappa shape index (κ3) is 8.88. The number of anilines is 1. The minimum absolute atomic E-state index is 0. The Bertz CT molecular complexity index is 751. The predicted octanol–water partition coefficient (Wildman–Crippen LogP) is 2.70. The highest BCUT2D eigenvalue weighted by molar-refractivity contribution is 5.91. The second-order valence-electron chi connectivity index (χ2n) is 6.30. The van der Waals surface area contributed by atoms with Gasteiger partial charge in [0.2, 0.25) is 5.91 Å². The van der Waals surface area contributed by atoms with E-state index in [9.17, 15) is 9.59 Å². The molecule has 0 aliphatic heterocycles. The number of nitrogens with one attached hydrogen (secondary N) is 3. The molecule has 0 unspecified atom stereocenters. The molecule has 28 heavy (non-hydrogen) atoms. The van der Waals surface area contributed by atoms with E-state index in [0.717, 1.165) is 23.2 Å². The van der Waals surface area contributed by atoms with Crippen LogP contribution in [0.25, 0.3) is 0 Å². The molecule has 0 fully saturated rings. The van der Waals surface area contributed by atoms with Crippen molar-refractivity contribution in [1.29, 1.82) is 0 Å². The van der Waals surface area contributed by atoms with Crippen molar-refractivity contribution >= 4 is 29.9 Å². The van der Waals surface area contributed by atoms with Crippen molar-refractivity contribution in [2.24, 2.45) is 0 Å². The van der Waals surface area contributed by atoms with E-state index in [0.29, 0.717) is 25.3 Å². The molecule has 0 atom stereocenters. The van der Waals surface area contributed by atoms with E-state index in [-0.39, 0.29) is 30.8 Å². The van der Waals surface area contributed by atoms with Crippen molar-refractivity contribution in [3.63, 3.8) is 0 Å². The lowest BCUT2D eigenvalue weighted by Gasteiger charge is -2.09. The van der Waals surface area contributed by atoms with Crippen LogP contribution in [0.2, 0.25) is 0 Å². The smallest absolute Gasteiger partial charge is 0.262 e. The molecule has 0 saturated carbocycles. The lowest BCUT2D eigenvalue weighted by Crippen LogP contribution is -2.28. The van der Waals surface area contributed by atoms with E-state index in [1.54, 1.807) is 0 Å². The molecule has 0 heterocycles. The van der Waals surface area contributed by atoms with Crippen molar-refractivity contribution in [3.05, 3.63) is 59.7 Å². The Kier molecular flexibility index (Phi) is 10.7. The summed E-state index contributed by atoms with van der Waals surface area (Å²) in [6, 6.07) is 15.2. The van der Waals surface area contributed by atoms with Gasteiger partial charge in [-0.15, -0.1) is 12.4 Å². The molecule has 7 heteroatoms. The van der Waals surface area contributed by atoms with E-state index in [1.165, 1.54) is 0 Å². The van der Waals surface area contributed by atoms with E-state index in [4.69, 9.17) is 4.74 Å². The largest absolute Gasteiger partial charge is 0.484 e. The highest BCUT2D eigenvalue weighted by atomic mass is 35.5. The second kappa shape index (κ2) is 12.8. The number of halogens is 1. The lowest BCUT2D eigenvalue weighted by molar-refractivity contribution is -0.121. The quantitative estimate of drug-likeness (QED) is 0.567. The summed E-state index contributed by atoms with van der Waals surface area (Å²) in [4.78, 5) is 23.5. The molecule has 0 aliphatic rings. The third-order valence-corrected chi connectivity index (χ3v) is 3.93. The maximum absolute atomic E-state index is 12.0. The zero-order valence-electron chi connectivity index (χ0n) is 16.3. The van der Waals surface area contributed by atoms with Crippen LogP contribution in [0.1, 0.15) is 17.5 Å². The molecular formula is C21H28ClN3O3. The van der Waals surface area contributed by atoms with Crippen LogP contribution in [-0.2, 0) is 16.0 Å². The highest BCUT2D eigenvalue weighted by Crippen LogP contribution is 2.13. The molecule has 0 spiro atoms. The normalized spacial score (nSPS) is 9.93. The summed E-state index contributed by atoms with van der Waals surface area (Å²) < 4.78 is 5.52. The van der Waals surface area contributed by atoms with Crippen molar-refractivity contribution in [2.75, 3.05) is 32.1 Å². The van der Waals surface area contributed by atoms with Gasteiger partial charge >= 0.3 is 0 Å². The van der Waals surface area contributed by atoms with Crippen LogP contribution in [0.4, 0.5) is 5.69 Å². The summed E-state index contributed by atoms with van der Waals surface area (Å²) in [5.74, 6) is 0.481. The van der Waals surface area contributed by atoms with Crippen LogP contribution in [0.3, 0.4) is 0 Å². The summed E-state index contributed by atoms with van der Waals surface area (Å²) in [7, 11) is 1.82. The second-order valence-corrected chi connectivity index (χ2v) is 6.30. The van der Waals surface area contributed by atoms with Crippen LogP contribution < -0.4 is 20.7 Å². The maximum Gasteiger partial charge on any atom is 0.262 e. The molecule has 2 rings (SSSR count). The first kappa shape index (κ1) is 23.5. The Balaban J connectivity index is 0.00000392. The molecule has 0 aliphatic carbocycles. The fourth-order valence-electron chi connectivity index (χ4n) is 2.49. The van der Waals surface area contributed by atoms with Gasteiger partial charge in [0.1, 0.15) is 5.75 Å². The van der Waals surface area contributed by atoms with Crippen molar-refractivity contribution in [3.8, 4) is 5.75 Å². The predicted molar refractivity (Wildman–Crippen MR) is 114 cm³/mol. The van der Waals surface area contributed by atoms with Gasteiger partial charge in [-0.1, -0.05) is 24.3 Å². The number of ether oxygens (including phenoxy) is 1. The zero-order chi connectivity index (χ0) is 19.5. The molecule has 3 N–H and O–H groups in total. The molecule has 0 saturated heterocycles. The number of hydrogen-bond donors (Lipinski definition) is 3. The van der Waals surface area contributed by atoms with Gasteiger partial charge < -0.3 is 20.7 Å². The van der Waals surface area contributed by atoms with E-state index < -0.39 is 0 Å². The molecule has 0 bridgehead atoms. The Morgan fingerprint density at radius 3 is 2.43 bits per heavy atom. The summed E-state index contributed by atoms with van der Waals surface area (Å²) in [5.41, 5.74) is 2.94. The van der Waals surface area contributed by atoms with Crippen LogP contribution >= 0.6 is 12.4 Å². The molecule has 0 radical (unpaired) electrons. The Hall–Kier alpha value is -2.57. The lowest BCUT2D eigenvalue weighted by atomic mass is 10.1. The number of rotatable bonds is 10. The SMILES string of the molecule is CNCCC(=O)NCCc1ccc(OCC(=O)Nc2cccc(C)c2)cc1.Cl. The van der Waals surface area contributed by atoms with Gasteiger partial charge in [-0.25, -0.2) is 0 Å². The van der Waals surface area contributed by atoms with E-state index >= 15 is 0 Å². The molecule has 0 aromatic heterocycles. The Labute approximate surface area is 172 Å². The number of aryl methyl sites for hydroxylation is 1. The van der Waals surface area contributed by atoms with Gasteiger partial charge in [-0.2, -0.15) is 0 Å². The average Bonchev–Trinajstić information content (AvgIpc) is 2.66. The molecule has 2 amide bonds. The molecule has 2 aromatic rings. The highest BCUT2D eigenvalue weighted by Gasteiger charge is 2.05. The number of benzene rings is 2. The van der Waals surface area contributed by atoms with Gasteiger partial charge in [-0.05, 0) is 55.8 Å². The monoisotopic (exact) mass is 405 g/mol. The standard InChI is InChI=1S/C21H27N3O3.ClH/c1-16-4-3-5-18(14-16)24-21(26)15-27-19-8-6-17(7-9-19)10-13-23-20(25)11-12-22-2;/h3-9,14,22H,10-13,15H2,1-2H3,(H,23,25)(H,24,26);1H. The maximum atomic E-state index is 12.0. The number of hydrogen-bond acceptors (Lipinski definition) is 4. The molecule has 2 aromatic carbocycles. The fourth-order valence-corrected chi connectivity index (χ4v) is 2.49. The van der Waals surface area contributed by atoms with Gasteiger partial charge in [0, 0.05) is 25.2 Å². The molecule has 6 nitrogen and oxygen atoms in total. The Morgan fingerprint density at radius 1 is 1.00 bits per heavy atom. The summed E-state index contributed by atoms with van der Waals surface area (Å²) in [6.07, 6.45) is 1.23. The number of carbonyl (C=O) groups is 2. The van der Waals surface area contributed by atoms with Crippen molar-refractivity contribution in [1.82, 2.24) is 10.6 Å². The zero-order valence-corrected chi connectivity index (χ0v) is 17.1. The van der Waals surface area contributed by atoms with Crippen molar-refractivity contribution in [2.45, 2.75) is 19.8 Å². The van der Waals surface area contributed by atoms with Crippen LogP contribution in [-0.4, -0.2) is 38.6 Å². The van der Waals surface area contributed by atoms with E-state index in [2.05, 4.69) is 16.0 Å². The number of amides is 2. The fraction of sp³-hybridized carbons (Fsp3) is 0.333. The van der Waals surface area contributed by atoms with Crippen molar-refractivity contribution < 1.29 is 14.3 Å². The van der Waals surface area contributed by atoms with Crippen LogP contribution in [0, 0.1) is 6.92 Å². The minimum atomic E-state index is -0.200. The van der Waals surface area contributed by atoms with Gasteiger partial charge in [0.25, 0.3) is 5.91 Å². The van der Waals surface area contributed by atoms with Gasteiger partial charge in [0.15, 0.2) is 6.61 Å². The van der Waals surface area contributed by atoms with Gasteiger partial charge in [-0.3, -0.25) is 9.59 Å². The van der Waals surface area contributed by atoms with Crippen LogP contribution in [0.15, 0.2) is 48.5 Å². The first-order chi connectivity index (χ1) is 13.1. The number of carbonyl (C=O) groups excluding carboxylic acids is 2. The first-order valence-electron chi connectivity index (χ1n) is 9.06. The summed E-state index contributed by atoms with van der Waals surface area (Å²) in [6.45, 7) is 3.20. The topological polar surface area (TPSA) is 79.5 Å². The summed E-state index contributed by atoms with van der Waals surface area (Å²) in [5, 5.41) is 8.64. The average molecular weight is 406 g/mol. The molecule has 152 valence electrons. The third-order valence-electron chi connectivity index (χ3n) is 3.93. The summed E-state index contributed by atoms with van der Waals surface area (Å²) >= 11 is 0. The van der Waals surface area contributed by atoms with Gasteiger partial charge in [0.05, 0.1) is 0 Å². The minimum Gasteiger partial charge on any atom is -0.484 e. The first-order valence-corrected chi connectivity index (χ1v) is 9.06. The molecular weight excluding hydrogens is 378 g/mol. The Morgan fingerprint density at radius 2 is 1.75 bits per heavy atom. The van der Waals surface area contributed by atoms with E-state index in [1.807, 2.05) is 62.5 Å². The van der Waals surface area contributed by atoms with Crippen LogP contribution in [0.5, 0.6) is 5.75 Å².